The predicted molar refractivity (Wildman–Crippen MR) is 239 cm³/mol. The number of aliphatic hydroxyl groups excluding tert-OH is 8. The molecule has 0 aromatic rings. The van der Waals surface area contributed by atoms with Crippen LogP contribution in [0.25, 0.3) is 0 Å². The first-order valence-electron chi connectivity index (χ1n) is 24.3. The number of carbonyl (C=O) groups excluding carboxylic acids is 1. The molecule has 0 bridgehead atoms. The van der Waals surface area contributed by atoms with Crippen molar-refractivity contribution in [1.82, 2.24) is 5.32 Å². The molecular formula is C48H91NO11. The number of hydrogen-bond donors (Lipinski definition) is 9. The summed E-state index contributed by atoms with van der Waals surface area (Å²) >= 11 is 0. The summed E-state index contributed by atoms with van der Waals surface area (Å²) in [4.78, 5) is 13.1. The van der Waals surface area contributed by atoms with E-state index in [0.29, 0.717) is 12.8 Å². The quantitative estimate of drug-likeness (QED) is 0.0222. The summed E-state index contributed by atoms with van der Waals surface area (Å²) < 4.78 is 11.0. The fourth-order valence-electron chi connectivity index (χ4n) is 7.69. The summed E-state index contributed by atoms with van der Waals surface area (Å²) in [5, 5.41) is 86.2. The molecule has 1 amide bonds. The average Bonchev–Trinajstić information content (AvgIpc) is 3.25. The number of aliphatic hydroxyl groups is 8. The van der Waals surface area contributed by atoms with Crippen molar-refractivity contribution in [2.45, 2.75) is 261 Å². The first-order chi connectivity index (χ1) is 29.1. The maximum Gasteiger partial charge on any atom is 0.249 e. The van der Waals surface area contributed by atoms with Crippen molar-refractivity contribution in [1.29, 1.82) is 0 Å². The van der Waals surface area contributed by atoms with E-state index in [-0.39, 0.29) is 6.42 Å². The number of rotatable bonds is 40. The van der Waals surface area contributed by atoms with Gasteiger partial charge in [0.2, 0.25) is 5.91 Å². The van der Waals surface area contributed by atoms with Gasteiger partial charge < -0.3 is 55.6 Å². The first-order valence-corrected chi connectivity index (χ1v) is 24.3. The summed E-state index contributed by atoms with van der Waals surface area (Å²) in [5.74, 6) is -0.799. The van der Waals surface area contributed by atoms with Gasteiger partial charge in [-0.3, -0.25) is 4.79 Å². The minimum Gasteiger partial charge on any atom is -0.394 e. The van der Waals surface area contributed by atoms with Crippen LogP contribution in [0.3, 0.4) is 0 Å². The third-order valence-corrected chi connectivity index (χ3v) is 11.8. The third-order valence-electron chi connectivity index (χ3n) is 11.8. The van der Waals surface area contributed by atoms with Gasteiger partial charge in [0.25, 0.3) is 0 Å². The van der Waals surface area contributed by atoms with Gasteiger partial charge in [0.15, 0.2) is 6.29 Å². The van der Waals surface area contributed by atoms with Crippen molar-refractivity contribution in [2.75, 3.05) is 13.2 Å². The average molecular weight is 858 g/mol. The molecule has 0 spiro atoms. The van der Waals surface area contributed by atoms with Crippen LogP contribution in [0.5, 0.6) is 0 Å². The van der Waals surface area contributed by atoms with Gasteiger partial charge in [0, 0.05) is 0 Å². The van der Waals surface area contributed by atoms with Crippen LogP contribution < -0.4 is 5.32 Å². The molecule has 1 saturated heterocycles. The third kappa shape index (κ3) is 26.9. The molecule has 0 unspecified atom stereocenters. The fourth-order valence-corrected chi connectivity index (χ4v) is 7.69. The van der Waals surface area contributed by atoms with Crippen LogP contribution in [-0.2, 0) is 14.3 Å². The zero-order valence-electron chi connectivity index (χ0n) is 37.8. The summed E-state index contributed by atoms with van der Waals surface area (Å²) in [6.45, 7) is 3.22. The zero-order valence-corrected chi connectivity index (χ0v) is 37.8. The Morgan fingerprint density at radius 1 is 0.583 bits per heavy atom. The Balaban J connectivity index is 2.47. The van der Waals surface area contributed by atoms with Crippen LogP contribution >= 0.6 is 0 Å². The second-order valence-corrected chi connectivity index (χ2v) is 17.3. The molecular weight excluding hydrogens is 767 g/mol. The van der Waals surface area contributed by atoms with Crippen LogP contribution in [0.15, 0.2) is 24.3 Å². The molecule has 1 rings (SSSR count). The van der Waals surface area contributed by atoms with E-state index in [4.69, 9.17) is 9.47 Å². The molecule has 0 radical (unpaired) electrons. The second-order valence-electron chi connectivity index (χ2n) is 17.3. The normalized spacial score (nSPS) is 22.3. The Kier molecular flexibility index (Phi) is 35.9. The van der Waals surface area contributed by atoms with E-state index in [1.54, 1.807) is 6.08 Å². The van der Waals surface area contributed by atoms with Gasteiger partial charge in [-0.15, -0.1) is 0 Å². The standard InChI is InChI=1S/C48H91NO11/c1-3-5-7-9-11-13-15-16-17-18-19-20-21-22-23-25-27-29-31-33-35-40(52)47(58)49-38(37-59-48-46(57)45(56)44(55)41(36-50)60-48)42(53)43(54)39(51)34-32-30-28-26-24-14-12-10-8-6-4-2/h16-17,32,34,38-46,48,50-57H,3-15,18-31,33,35-37H2,1-2H3,(H,49,58)/b17-16-,34-32-/t38-,39+,40+,41+,42-,43+,44+,45-,46+,48+/m0/s1. The van der Waals surface area contributed by atoms with Crippen molar-refractivity contribution >= 4 is 5.91 Å². The summed E-state index contributed by atoms with van der Waals surface area (Å²) in [7, 11) is 0. The molecule has 0 aliphatic carbocycles. The molecule has 1 aliphatic heterocycles. The molecule has 0 aromatic carbocycles. The van der Waals surface area contributed by atoms with Crippen LogP contribution in [0.4, 0.5) is 0 Å². The van der Waals surface area contributed by atoms with Gasteiger partial charge in [-0.05, 0) is 44.9 Å². The Labute approximate surface area is 364 Å². The molecule has 9 N–H and O–H groups in total. The molecule has 10 atom stereocenters. The predicted octanol–water partition coefficient (Wildman–Crippen LogP) is 7.20. The van der Waals surface area contributed by atoms with Crippen molar-refractivity contribution in [3.8, 4) is 0 Å². The van der Waals surface area contributed by atoms with Gasteiger partial charge in [0.1, 0.15) is 48.8 Å². The van der Waals surface area contributed by atoms with E-state index in [2.05, 4.69) is 31.3 Å². The molecule has 0 saturated carbocycles. The van der Waals surface area contributed by atoms with E-state index < -0.39 is 80.3 Å². The van der Waals surface area contributed by atoms with E-state index in [9.17, 15) is 45.6 Å². The SMILES string of the molecule is CCCCCCCC/C=C\CCCCCCCCCCCC[C@@H](O)C(=O)N[C@@H](CO[C@@H]1O[C@H](CO)[C@@H](O)[C@H](O)[C@H]1O)[C@H](O)[C@H](O)[C@H](O)/C=C\CCCCCCCCCCC. The van der Waals surface area contributed by atoms with E-state index in [0.717, 1.165) is 44.9 Å². The summed E-state index contributed by atoms with van der Waals surface area (Å²) in [5.41, 5.74) is 0. The molecule has 354 valence electrons. The lowest BCUT2D eigenvalue weighted by molar-refractivity contribution is -0.303. The number of hydrogen-bond acceptors (Lipinski definition) is 11. The summed E-state index contributed by atoms with van der Waals surface area (Å²) in [6.07, 6.45) is 26.7. The number of nitrogens with one attached hydrogen (secondary N) is 1. The van der Waals surface area contributed by atoms with Gasteiger partial charge in [-0.25, -0.2) is 0 Å². The lowest BCUT2D eigenvalue weighted by Crippen LogP contribution is -2.60. The van der Waals surface area contributed by atoms with Gasteiger partial charge in [0.05, 0.1) is 19.3 Å². The van der Waals surface area contributed by atoms with Crippen molar-refractivity contribution < 1.29 is 55.1 Å². The lowest BCUT2D eigenvalue weighted by atomic mass is 9.98. The van der Waals surface area contributed by atoms with Gasteiger partial charge >= 0.3 is 0 Å². The highest BCUT2D eigenvalue weighted by Gasteiger charge is 2.45. The molecule has 1 aliphatic rings. The highest BCUT2D eigenvalue weighted by molar-refractivity contribution is 5.80. The minimum absolute atomic E-state index is 0.197. The molecule has 60 heavy (non-hydrogen) atoms. The molecule has 1 fully saturated rings. The van der Waals surface area contributed by atoms with Crippen molar-refractivity contribution in [3.63, 3.8) is 0 Å². The topological polar surface area (TPSA) is 209 Å². The monoisotopic (exact) mass is 858 g/mol. The van der Waals surface area contributed by atoms with Crippen LogP contribution in [0, 0.1) is 0 Å². The smallest absolute Gasteiger partial charge is 0.249 e. The molecule has 0 aromatic heterocycles. The molecule has 12 nitrogen and oxygen atoms in total. The Bertz CT molecular complexity index is 1050. The van der Waals surface area contributed by atoms with Crippen molar-refractivity contribution in [3.05, 3.63) is 24.3 Å². The highest BCUT2D eigenvalue weighted by atomic mass is 16.7. The van der Waals surface area contributed by atoms with E-state index >= 15 is 0 Å². The van der Waals surface area contributed by atoms with Gasteiger partial charge in [-0.1, -0.05) is 179 Å². The maximum atomic E-state index is 13.1. The number of allylic oxidation sites excluding steroid dienone is 3. The van der Waals surface area contributed by atoms with E-state index in [1.807, 2.05) is 0 Å². The number of ether oxygens (including phenoxy) is 2. The van der Waals surface area contributed by atoms with Crippen molar-refractivity contribution in [2.24, 2.45) is 0 Å². The number of carbonyl (C=O) groups is 1. The highest BCUT2D eigenvalue weighted by Crippen LogP contribution is 2.23. The summed E-state index contributed by atoms with van der Waals surface area (Å²) in [6, 6.07) is -1.37. The Morgan fingerprint density at radius 3 is 1.48 bits per heavy atom. The number of unbranched alkanes of at least 4 members (excludes halogenated alkanes) is 25. The van der Waals surface area contributed by atoms with E-state index in [1.165, 1.54) is 128 Å². The minimum atomic E-state index is -1.77. The van der Waals surface area contributed by atoms with Crippen LogP contribution in [0.1, 0.15) is 200 Å². The zero-order chi connectivity index (χ0) is 44.2. The second kappa shape index (κ2) is 38.0. The van der Waals surface area contributed by atoms with Crippen LogP contribution in [0.2, 0.25) is 0 Å². The largest absolute Gasteiger partial charge is 0.394 e. The van der Waals surface area contributed by atoms with Gasteiger partial charge in [-0.2, -0.15) is 0 Å². The maximum absolute atomic E-state index is 13.1. The fraction of sp³-hybridized carbons (Fsp3) is 0.896. The molecule has 12 heteroatoms. The Hall–Kier alpha value is -1.45. The molecule has 1 heterocycles. The Morgan fingerprint density at radius 2 is 1.02 bits per heavy atom. The first kappa shape index (κ1) is 56.6. The number of amides is 1. The van der Waals surface area contributed by atoms with Crippen LogP contribution in [-0.4, -0.2) is 121 Å². The lowest BCUT2D eigenvalue weighted by Gasteiger charge is -2.40.